The number of fused-ring (bicyclic) bond motifs is 1. The molecule has 1 amide bonds. The van der Waals surface area contributed by atoms with Crippen molar-refractivity contribution < 1.29 is 4.79 Å². The summed E-state index contributed by atoms with van der Waals surface area (Å²) < 4.78 is 0. The van der Waals surface area contributed by atoms with E-state index in [1.54, 1.807) is 11.1 Å². The summed E-state index contributed by atoms with van der Waals surface area (Å²) in [5.74, 6) is 0.141. The van der Waals surface area contributed by atoms with Crippen LogP contribution >= 0.6 is 0 Å². The Labute approximate surface area is 124 Å². The molecule has 0 fully saturated rings. The number of nitrogens with zero attached hydrogens (tertiary/aromatic N) is 2. The van der Waals surface area contributed by atoms with Gasteiger partial charge in [0.15, 0.2) is 0 Å². The Bertz CT molecular complexity index is 602. The standard InChI is InChI=1S/C17H19N3O/c1-20(11-9-14-7-4-5-10-18-14)17(21)16-12-13-6-2-3-8-15(13)19-16/h2-8,10,16,19H,9,11-12H2,1H3. The van der Waals surface area contributed by atoms with E-state index in [9.17, 15) is 4.79 Å². The molecule has 0 bridgehead atoms. The van der Waals surface area contributed by atoms with Crippen molar-refractivity contribution in [3.05, 3.63) is 59.9 Å². The van der Waals surface area contributed by atoms with Crippen LogP contribution in [-0.2, 0) is 17.6 Å². The largest absolute Gasteiger partial charge is 0.373 e. The zero-order chi connectivity index (χ0) is 14.7. The van der Waals surface area contributed by atoms with Crippen molar-refractivity contribution in [1.82, 2.24) is 9.88 Å². The van der Waals surface area contributed by atoms with Crippen molar-refractivity contribution in [2.45, 2.75) is 18.9 Å². The molecule has 0 radical (unpaired) electrons. The Kier molecular flexibility index (Phi) is 3.86. The Hall–Kier alpha value is -2.36. The van der Waals surface area contributed by atoms with Crippen LogP contribution in [0, 0.1) is 0 Å². The highest BCUT2D eigenvalue weighted by atomic mass is 16.2. The van der Waals surface area contributed by atoms with E-state index < -0.39 is 0 Å². The fourth-order valence-corrected chi connectivity index (χ4v) is 2.65. The van der Waals surface area contributed by atoms with Crippen LogP contribution < -0.4 is 5.32 Å². The van der Waals surface area contributed by atoms with Gasteiger partial charge in [0.25, 0.3) is 0 Å². The van der Waals surface area contributed by atoms with Gasteiger partial charge in [0, 0.05) is 44.0 Å². The number of amides is 1. The van der Waals surface area contributed by atoms with Gasteiger partial charge < -0.3 is 10.2 Å². The molecule has 21 heavy (non-hydrogen) atoms. The Morgan fingerprint density at radius 1 is 1.29 bits per heavy atom. The molecule has 1 aliphatic rings. The summed E-state index contributed by atoms with van der Waals surface area (Å²) in [6.07, 6.45) is 3.33. The first kappa shape index (κ1) is 13.6. The SMILES string of the molecule is CN(CCc1ccccn1)C(=O)C1Cc2ccccc2N1. The maximum Gasteiger partial charge on any atom is 0.245 e. The van der Waals surface area contributed by atoms with Gasteiger partial charge in [0.2, 0.25) is 5.91 Å². The minimum Gasteiger partial charge on any atom is -0.373 e. The number of para-hydroxylation sites is 1. The lowest BCUT2D eigenvalue weighted by atomic mass is 10.1. The van der Waals surface area contributed by atoms with E-state index in [0.29, 0.717) is 6.54 Å². The number of benzene rings is 1. The minimum atomic E-state index is -0.142. The second kappa shape index (κ2) is 5.95. The number of carbonyl (C=O) groups excluding carboxylic acids is 1. The Morgan fingerprint density at radius 2 is 2.10 bits per heavy atom. The van der Waals surface area contributed by atoms with Crippen LogP contribution in [0.3, 0.4) is 0 Å². The van der Waals surface area contributed by atoms with Crippen LogP contribution in [-0.4, -0.2) is 35.4 Å². The summed E-state index contributed by atoms with van der Waals surface area (Å²) in [4.78, 5) is 18.6. The summed E-state index contributed by atoms with van der Waals surface area (Å²) in [5.41, 5.74) is 3.31. The molecule has 0 saturated heterocycles. The van der Waals surface area contributed by atoms with Crippen molar-refractivity contribution >= 4 is 11.6 Å². The highest BCUT2D eigenvalue weighted by molar-refractivity contribution is 5.87. The van der Waals surface area contributed by atoms with Crippen LogP contribution in [0.1, 0.15) is 11.3 Å². The van der Waals surface area contributed by atoms with Gasteiger partial charge >= 0.3 is 0 Å². The van der Waals surface area contributed by atoms with Crippen molar-refractivity contribution in [1.29, 1.82) is 0 Å². The van der Waals surface area contributed by atoms with Crippen molar-refractivity contribution in [3.8, 4) is 0 Å². The summed E-state index contributed by atoms with van der Waals surface area (Å²) in [6, 6.07) is 13.8. The third-order valence-electron chi connectivity index (χ3n) is 3.87. The number of aromatic nitrogens is 1. The van der Waals surface area contributed by atoms with Gasteiger partial charge in [-0.2, -0.15) is 0 Å². The molecule has 1 aliphatic heterocycles. The lowest BCUT2D eigenvalue weighted by Crippen LogP contribution is -2.40. The molecular weight excluding hydrogens is 262 g/mol. The molecule has 1 aromatic carbocycles. The molecule has 3 rings (SSSR count). The zero-order valence-corrected chi connectivity index (χ0v) is 12.1. The highest BCUT2D eigenvalue weighted by Gasteiger charge is 2.28. The van der Waals surface area contributed by atoms with E-state index in [-0.39, 0.29) is 11.9 Å². The van der Waals surface area contributed by atoms with E-state index in [1.807, 2.05) is 43.4 Å². The monoisotopic (exact) mass is 281 g/mol. The lowest BCUT2D eigenvalue weighted by Gasteiger charge is -2.21. The second-order valence-corrected chi connectivity index (χ2v) is 5.39. The molecule has 4 heteroatoms. The number of hydrogen-bond donors (Lipinski definition) is 1. The average Bonchev–Trinajstić information content (AvgIpc) is 2.97. The molecule has 4 nitrogen and oxygen atoms in total. The molecule has 1 unspecified atom stereocenters. The minimum absolute atomic E-state index is 0.141. The summed E-state index contributed by atoms with van der Waals surface area (Å²) >= 11 is 0. The average molecular weight is 281 g/mol. The summed E-state index contributed by atoms with van der Waals surface area (Å²) in [6.45, 7) is 0.685. The fraction of sp³-hybridized carbons (Fsp3) is 0.294. The number of pyridine rings is 1. The van der Waals surface area contributed by atoms with Gasteiger partial charge in [-0.15, -0.1) is 0 Å². The van der Waals surface area contributed by atoms with Gasteiger partial charge in [0.05, 0.1) is 0 Å². The van der Waals surface area contributed by atoms with Crippen LogP contribution in [0.2, 0.25) is 0 Å². The van der Waals surface area contributed by atoms with Gasteiger partial charge in [-0.05, 0) is 23.8 Å². The number of hydrogen-bond acceptors (Lipinski definition) is 3. The van der Waals surface area contributed by atoms with E-state index in [1.165, 1.54) is 5.56 Å². The molecule has 1 aromatic heterocycles. The molecule has 108 valence electrons. The van der Waals surface area contributed by atoms with Crippen LogP contribution in [0.5, 0.6) is 0 Å². The fourth-order valence-electron chi connectivity index (χ4n) is 2.65. The molecule has 0 aliphatic carbocycles. The topological polar surface area (TPSA) is 45.2 Å². The van der Waals surface area contributed by atoms with Gasteiger partial charge in [-0.1, -0.05) is 24.3 Å². The summed E-state index contributed by atoms with van der Waals surface area (Å²) in [5, 5.41) is 3.31. The number of rotatable bonds is 4. The van der Waals surface area contributed by atoms with Crippen molar-refractivity contribution in [2.24, 2.45) is 0 Å². The van der Waals surface area contributed by atoms with Crippen LogP contribution in [0.15, 0.2) is 48.7 Å². The van der Waals surface area contributed by atoms with E-state index in [2.05, 4.69) is 16.4 Å². The Morgan fingerprint density at radius 3 is 2.86 bits per heavy atom. The molecule has 2 aromatic rings. The van der Waals surface area contributed by atoms with Gasteiger partial charge in [-0.3, -0.25) is 9.78 Å². The van der Waals surface area contributed by atoms with Gasteiger partial charge in [-0.25, -0.2) is 0 Å². The smallest absolute Gasteiger partial charge is 0.245 e. The quantitative estimate of drug-likeness (QED) is 0.933. The molecule has 2 heterocycles. The molecular formula is C17H19N3O. The van der Waals surface area contributed by atoms with E-state index >= 15 is 0 Å². The van der Waals surface area contributed by atoms with Crippen molar-refractivity contribution in [3.63, 3.8) is 0 Å². The molecule has 1 N–H and O–H groups in total. The maximum atomic E-state index is 12.5. The third kappa shape index (κ3) is 3.05. The first-order valence-corrected chi connectivity index (χ1v) is 7.23. The predicted octanol–water partition coefficient (Wildman–Crippen LogP) is 2.12. The molecule has 0 spiro atoms. The third-order valence-corrected chi connectivity index (χ3v) is 3.87. The first-order chi connectivity index (χ1) is 10.2. The lowest BCUT2D eigenvalue weighted by molar-refractivity contribution is -0.130. The number of likely N-dealkylation sites (N-methyl/N-ethyl adjacent to an activating group) is 1. The normalized spacial score (nSPS) is 16.1. The number of nitrogens with one attached hydrogen (secondary N) is 1. The Balaban J connectivity index is 1.56. The van der Waals surface area contributed by atoms with Gasteiger partial charge in [0.1, 0.15) is 6.04 Å². The van der Waals surface area contributed by atoms with Crippen molar-refractivity contribution in [2.75, 3.05) is 18.9 Å². The van der Waals surface area contributed by atoms with E-state index in [0.717, 1.165) is 24.2 Å². The predicted molar refractivity (Wildman–Crippen MR) is 83.1 cm³/mol. The first-order valence-electron chi connectivity index (χ1n) is 7.23. The highest BCUT2D eigenvalue weighted by Crippen LogP contribution is 2.25. The van der Waals surface area contributed by atoms with E-state index in [4.69, 9.17) is 0 Å². The number of carbonyl (C=O) groups is 1. The molecule has 0 saturated carbocycles. The molecule has 1 atom stereocenters. The van der Waals surface area contributed by atoms with Crippen LogP contribution in [0.4, 0.5) is 5.69 Å². The summed E-state index contributed by atoms with van der Waals surface area (Å²) in [7, 11) is 1.86. The van der Waals surface area contributed by atoms with Crippen LogP contribution in [0.25, 0.3) is 0 Å². The second-order valence-electron chi connectivity index (χ2n) is 5.39. The number of anilines is 1. The maximum absolute atomic E-state index is 12.5. The zero-order valence-electron chi connectivity index (χ0n) is 12.1.